The summed E-state index contributed by atoms with van der Waals surface area (Å²) < 4.78 is 40.4. The molecule has 0 heterocycles. The van der Waals surface area contributed by atoms with E-state index in [0.717, 1.165) is 18.4 Å². The Morgan fingerprint density at radius 2 is 1.84 bits per heavy atom. The van der Waals surface area contributed by atoms with Gasteiger partial charge in [-0.2, -0.15) is 8.42 Å². The average Bonchev–Trinajstić information content (AvgIpc) is 2.56. The van der Waals surface area contributed by atoms with Crippen LogP contribution in [-0.2, 0) is 28.6 Å². The molecule has 0 radical (unpaired) electrons. The average molecular weight is 370 g/mol. The van der Waals surface area contributed by atoms with Crippen molar-refractivity contribution in [3.63, 3.8) is 0 Å². The van der Waals surface area contributed by atoms with Gasteiger partial charge in [-0.3, -0.25) is 4.18 Å². The molecular weight excluding hydrogens is 344 g/mol. The van der Waals surface area contributed by atoms with E-state index in [4.69, 9.17) is 13.7 Å². The van der Waals surface area contributed by atoms with Gasteiger partial charge in [0.25, 0.3) is 10.1 Å². The van der Waals surface area contributed by atoms with Crippen molar-refractivity contribution in [2.45, 2.75) is 44.6 Å². The Kier molecular flexibility index (Phi) is 8.82. The van der Waals surface area contributed by atoms with Gasteiger partial charge >= 0.3 is 5.97 Å². The molecule has 1 rings (SSSR count). The van der Waals surface area contributed by atoms with Gasteiger partial charge in [-0.1, -0.05) is 37.6 Å². The Bertz CT molecular complexity index is 663. The quantitative estimate of drug-likeness (QED) is 0.258. The lowest BCUT2D eigenvalue weighted by molar-refractivity contribution is -0.142. The SMILES string of the molecule is C=C(C)C(=O)OCC(COCCCC)OS(=O)(=O)c1ccc(C)cc1. The van der Waals surface area contributed by atoms with Crippen molar-refractivity contribution in [1.29, 1.82) is 0 Å². The molecule has 0 bridgehead atoms. The van der Waals surface area contributed by atoms with Crippen LogP contribution < -0.4 is 0 Å². The minimum Gasteiger partial charge on any atom is -0.459 e. The minimum absolute atomic E-state index is 0.00849. The molecule has 0 amide bonds. The van der Waals surface area contributed by atoms with E-state index >= 15 is 0 Å². The van der Waals surface area contributed by atoms with Crippen LogP contribution in [0.15, 0.2) is 41.3 Å². The standard InChI is InChI=1S/C18H26O6S/c1-5-6-11-22-12-16(13-23-18(19)14(2)3)24-25(20,21)17-9-7-15(4)8-10-17/h7-10,16H,2,5-6,11-13H2,1,3-4H3. The van der Waals surface area contributed by atoms with Crippen LogP contribution in [0.3, 0.4) is 0 Å². The summed E-state index contributed by atoms with van der Waals surface area (Å²) in [6, 6.07) is 6.31. The third kappa shape index (κ3) is 7.81. The van der Waals surface area contributed by atoms with Crippen LogP contribution in [0.5, 0.6) is 0 Å². The molecular formula is C18H26O6S. The van der Waals surface area contributed by atoms with Gasteiger partial charge in [-0.15, -0.1) is 0 Å². The van der Waals surface area contributed by atoms with Gasteiger partial charge in [0.1, 0.15) is 12.7 Å². The largest absolute Gasteiger partial charge is 0.459 e. The molecule has 0 N–H and O–H groups in total. The van der Waals surface area contributed by atoms with Crippen molar-refractivity contribution >= 4 is 16.1 Å². The smallest absolute Gasteiger partial charge is 0.333 e. The molecule has 0 aliphatic carbocycles. The third-order valence-corrected chi connectivity index (χ3v) is 4.64. The molecule has 140 valence electrons. The van der Waals surface area contributed by atoms with Gasteiger partial charge in [-0.25, -0.2) is 4.79 Å². The normalized spacial score (nSPS) is 12.6. The van der Waals surface area contributed by atoms with Crippen molar-refractivity contribution in [2.24, 2.45) is 0 Å². The fourth-order valence-corrected chi connectivity index (χ4v) is 2.85. The number of benzene rings is 1. The van der Waals surface area contributed by atoms with E-state index in [9.17, 15) is 13.2 Å². The maximum atomic E-state index is 12.4. The summed E-state index contributed by atoms with van der Waals surface area (Å²) >= 11 is 0. The fraction of sp³-hybridized carbons (Fsp3) is 0.500. The summed E-state index contributed by atoms with van der Waals surface area (Å²) in [5.74, 6) is -0.602. The zero-order valence-corrected chi connectivity index (χ0v) is 15.8. The maximum Gasteiger partial charge on any atom is 0.333 e. The summed E-state index contributed by atoms with van der Waals surface area (Å²) in [6.45, 7) is 9.14. The predicted octanol–water partition coefficient (Wildman–Crippen LogP) is 3.00. The van der Waals surface area contributed by atoms with Crippen molar-refractivity contribution in [3.8, 4) is 0 Å². The number of esters is 1. The predicted molar refractivity (Wildman–Crippen MR) is 94.7 cm³/mol. The van der Waals surface area contributed by atoms with Crippen LogP contribution in [0.4, 0.5) is 0 Å². The Morgan fingerprint density at radius 1 is 1.20 bits per heavy atom. The molecule has 6 nitrogen and oxygen atoms in total. The van der Waals surface area contributed by atoms with E-state index in [1.165, 1.54) is 19.1 Å². The molecule has 1 aromatic carbocycles. The lowest BCUT2D eigenvalue weighted by atomic mass is 10.2. The first-order chi connectivity index (χ1) is 11.8. The highest BCUT2D eigenvalue weighted by atomic mass is 32.2. The number of hydrogen-bond donors (Lipinski definition) is 0. The summed E-state index contributed by atoms with van der Waals surface area (Å²) in [5, 5.41) is 0. The number of hydrogen-bond acceptors (Lipinski definition) is 6. The van der Waals surface area contributed by atoms with Gasteiger partial charge in [0, 0.05) is 12.2 Å². The molecule has 0 aromatic heterocycles. The fourth-order valence-electron chi connectivity index (χ4n) is 1.80. The highest BCUT2D eigenvalue weighted by Gasteiger charge is 2.23. The van der Waals surface area contributed by atoms with E-state index in [2.05, 4.69) is 6.58 Å². The second-order valence-electron chi connectivity index (χ2n) is 5.79. The molecule has 0 saturated carbocycles. The Morgan fingerprint density at radius 3 is 2.40 bits per heavy atom. The first-order valence-corrected chi connectivity index (χ1v) is 9.57. The molecule has 0 aliphatic rings. The number of ether oxygens (including phenoxy) is 2. The second kappa shape index (κ2) is 10.3. The van der Waals surface area contributed by atoms with E-state index in [0.29, 0.717) is 6.61 Å². The molecule has 1 atom stereocenters. The molecule has 1 aromatic rings. The van der Waals surface area contributed by atoms with E-state index in [1.54, 1.807) is 12.1 Å². The van der Waals surface area contributed by atoms with Crippen molar-refractivity contribution in [1.82, 2.24) is 0 Å². The topological polar surface area (TPSA) is 78.9 Å². The minimum atomic E-state index is -3.98. The Hall–Kier alpha value is -1.70. The third-order valence-electron chi connectivity index (χ3n) is 3.27. The van der Waals surface area contributed by atoms with Crippen LogP contribution in [0.1, 0.15) is 32.3 Å². The first kappa shape index (κ1) is 21.3. The van der Waals surface area contributed by atoms with Crippen LogP contribution in [0, 0.1) is 6.92 Å². The zero-order valence-electron chi connectivity index (χ0n) is 15.0. The van der Waals surface area contributed by atoms with Crippen molar-refractivity contribution < 1.29 is 26.9 Å². The number of unbranched alkanes of at least 4 members (excludes halogenated alkanes) is 1. The van der Waals surface area contributed by atoms with Gasteiger partial charge in [0.2, 0.25) is 0 Å². The molecule has 25 heavy (non-hydrogen) atoms. The summed E-state index contributed by atoms with van der Waals surface area (Å²) in [6.07, 6.45) is 0.882. The van der Waals surface area contributed by atoms with Crippen molar-refractivity contribution in [2.75, 3.05) is 19.8 Å². The molecule has 7 heteroatoms. The number of aryl methyl sites for hydroxylation is 1. The van der Waals surface area contributed by atoms with Gasteiger partial charge in [-0.05, 0) is 32.4 Å². The first-order valence-electron chi connectivity index (χ1n) is 8.16. The van der Waals surface area contributed by atoms with Gasteiger partial charge in [0.05, 0.1) is 11.5 Å². The van der Waals surface area contributed by atoms with Crippen LogP contribution in [-0.4, -0.2) is 40.3 Å². The zero-order chi connectivity index (χ0) is 18.9. The summed E-state index contributed by atoms with van der Waals surface area (Å²) in [7, 11) is -3.98. The lowest BCUT2D eigenvalue weighted by Crippen LogP contribution is -2.30. The molecule has 0 fully saturated rings. The number of carbonyl (C=O) groups excluding carboxylic acids is 1. The summed E-state index contributed by atoms with van der Waals surface area (Å²) in [5.41, 5.74) is 1.17. The molecule has 0 aliphatic heterocycles. The van der Waals surface area contributed by atoms with E-state index < -0.39 is 22.2 Å². The van der Waals surface area contributed by atoms with Crippen LogP contribution in [0.25, 0.3) is 0 Å². The van der Waals surface area contributed by atoms with Crippen LogP contribution in [0.2, 0.25) is 0 Å². The summed E-state index contributed by atoms with van der Waals surface area (Å²) in [4.78, 5) is 11.6. The highest BCUT2D eigenvalue weighted by molar-refractivity contribution is 7.86. The Balaban J connectivity index is 2.77. The molecule has 1 unspecified atom stereocenters. The van der Waals surface area contributed by atoms with Crippen LogP contribution >= 0.6 is 0 Å². The Labute approximate surface area is 149 Å². The maximum absolute atomic E-state index is 12.4. The molecule has 0 spiro atoms. The molecule has 0 saturated heterocycles. The van der Waals surface area contributed by atoms with Crippen molar-refractivity contribution in [3.05, 3.63) is 42.0 Å². The second-order valence-corrected chi connectivity index (χ2v) is 7.36. The van der Waals surface area contributed by atoms with Gasteiger partial charge in [0.15, 0.2) is 0 Å². The highest BCUT2D eigenvalue weighted by Crippen LogP contribution is 2.16. The number of rotatable bonds is 11. The monoisotopic (exact) mass is 370 g/mol. The van der Waals surface area contributed by atoms with E-state index in [-0.39, 0.29) is 23.7 Å². The van der Waals surface area contributed by atoms with E-state index in [1.807, 2.05) is 13.8 Å². The number of carbonyl (C=O) groups is 1. The van der Waals surface area contributed by atoms with Gasteiger partial charge < -0.3 is 9.47 Å². The lowest BCUT2D eigenvalue weighted by Gasteiger charge is -2.18.